The molecule has 1 N–H and O–H groups in total. The number of morpholine rings is 1. The van der Waals surface area contributed by atoms with Crippen LogP contribution in [0.2, 0.25) is 5.02 Å². The van der Waals surface area contributed by atoms with Crippen molar-refractivity contribution in [3.05, 3.63) is 29.3 Å². The van der Waals surface area contributed by atoms with Crippen LogP contribution in [0.3, 0.4) is 0 Å². The molecule has 0 saturated carbocycles. The molecule has 1 amide bonds. The van der Waals surface area contributed by atoms with E-state index >= 15 is 0 Å². The first-order chi connectivity index (χ1) is 12.2. The van der Waals surface area contributed by atoms with E-state index in [1.54, 1.807) is 0 Å². The fourth-order valence-corrected chi connectivity index (χ4v) is 3.35. The van der Waals surface area contributed by atoms with E-state index in [1.165, 1.54) is 0 Å². The molecule has 2 aliphatic heterocycles. The number of ether oxygens (including phenoxy) is 2. The van der Waals surface area contributed by atoms with Gasteiger partial charge in [0.05, 0.1) is 18.2 Å². The minimum atomic E-state index is 0.156. The summed E-state index contributed by atoms with van der Waals surface area (Å²) in [4.78, 5) is 16.7. The van der Waals surface area contributed by atoms with E-state index in [1.807, 2.05) is 29.2 Å². The zero-order chi connectivity index (χ0) is 17.5. The van der Waals surface area contributed by atoms with Crippen molar-refractivity contribution in [2.75, 3.05) is 59.1 Å². The highest BCUT2D eigenvalue weighted by Gasteiger charge is 2.24. The Morgan fingerprint density at radius 2 is 2.08 bits per heavy atom. The van der Waals surface area contributed by atoms with Gasteiger partial charge in [0.1, 0.15) is 12.4 Å². The Bertz CT molecular complexity index is 558. The average Bonchev–Trinajstić information content (AvgIpc) is 2.65. The van der Waals surface area contributed by atoms with E-state index in [-0.39, 0.29) is 11.9 Å². The van der Waals surface area contributed by atoms with Gasteiger partial charge in [0.15, 0.2) is 0 Å². The molecule has 0 bridgehead atoms. The third-order valence-corrected chi connectivity index (χ3v) is 4.96. The summed E-state index contributed by atoms with van der Waals surface area (Å²) in [5, 5.41) is 3.97. The van der Waals surface area contributed by atoms with E-state index in [4.69, 9.17) is 21.1 Å². The first-order valence-corrected chi connectivity index (χ1v) is 9.29. The SMILES string of the molecule is O=C(CC1COCCN1)N1CCN(CCOc2ccccc2Cl)CC1. The highest BCUT2D eigenvalue weighted by atomic mass is 35.5. The molecule has 2 aliphatic rings. The number of piperazine rings is 1. The van der Waals surface area contributed by atoms with Gasteiger partial charge in [-0.25, -0.2) is 0 Å². The fraction of sp³-hybridized carbons (Fsp3) is 0.611. The van der Waals surface area contributed by atoms with Crippen LogP contribution in [0.15, 0.2) is 24.3 Å². The number of nitrogens with zero attached hydrogens (tertiary/aromatic N) is 2. The van der Waals surface area contributed by atoms with Crippen molar-refractivity contribution in [2.24, 2.45) is 0 Å². The summed E-state index contributed by atoms with van der Waals surface area (Å²) in [5.41, 5.74) is 0. The van der Waals surface area contributed by atoms with Crippen LogP contribution >= 0.6 is 11.6 Å². The molecular weight excluding hydrogens is 342 g/mol. The van der Waals surface area contributed by atoms with Crippen LogP contribution in [0.5, 0.6) is 5.75 Å². The first kappa shape index (κ1) is 18.5. The molecule has 2 heterocycles. The van der Waals surface area contributed by atoms with Crippen LogP contribution in [-0.4, -0.2) is 80.8 Å². The number of carbonyl (C=O) groups excluding carboxylic acids is 1. The van der Waals surface area contributed by atoms with Gasteiger partial charge < -0.3 is 19.7 Å². The number of halogens is 1. The van der Waals surface area contributed by atoms with Gasteiger partial charge in [-0.05, 0) is 12.1 Å². The lowest BCUT2D eigenvalue weighted by Gasteiger charge is -2.35. The Morgan fingerprint density at radius 3 is 2.80 bits per heavy atom. The fourth-order valence-electron chi connectivity index (χ4n) is 3.16. The molecule has 2 fully saturated rings. The maximum Gasteiger partial charge on any atom is 0.224 e. The molecule has 1 aromatic rings. The van der Waals surface area contributed by atoms with Crippen molar-refractivity contribution in [3.63, 3.8) is 0 Å². The Hall–Kier alpha value is -1.34. The molecule has 2 saturated heterocycles. The highest BCUT2D eigenvalue weighted by Crippen LogP contribution is 2.22. The van der Waals surface area contributed by atoms with Crippen molar-refractivity contribution < 1.29 is 14.3 Å². The third kappa shape index (κ3) is 5.57. The van der Waals surface area contributed by atoms with Crippen LogP contribution in [0.1, 0.15) is 6.42 Å². The minimum Gasteiger partial charge on any atom is -0.491 e. The molecule has 6 nitrogen and oxygen atoms in total. The van der Waals surface area contributed by atoms with Gasteiger partial charge in [-0.1, -0.05) is 23.7 Å². The molecule has 1 unspecified atom stereocenters. The second kappa shape index (κ2) is 9.38. The number of carbonyl (C=O) groups is 1. The number of amides is 1. The van der Waals surface area contributed by atoms with E-state index in [0.29, 0.717) is 24.7 Å². The molecule has 138 valence electrons. The summed E-state index contributed by atoms with van der Waals surface area (Å²) < 4.78 is 11.1. The zero-order valence-corrected chi connectivity index (χ0v) is 15.2. The van der Waals surface area contributed by atoms with Crippen molar-refractivity contribution in [1.29, 1.82) is 0 Å². The van der Waals surface area contributed by atoms with Gasteiger partial charge in [-0.3, -0.25) is 9.69 Å². The summed E-state index contributed by atoms with van der Waals surface area (Å²) >= 11 is 6.08. The van der Waals surface area contributed by atoms with E-state index in [9.17, 15) is 4.79 Å². The second-order valence-electron chi connectivity index (χ2n) is 6.43. The molecule has 3 rings (SSSR count). The van der Waals surface area contributed by atoms with Crippen molar-refractivity contribution in [3.8, 4) is 5.75 Å². The minimum absolute atomic E-state index is 0.156. The summed E-state index contributed by atoms with van der Waals surface area (Å²) in [7, 11) is 0. The number of rotatable bonds is 6. The Morgan fingerprint density at radius 1 is 1.28 bits per heavy atom. The molecule has 1 atom stereocenters. The van der Waals surface area contributed by atoms with Gasteiger partial charge in [0.25, 0.3) is 0 Å². The van der Waals surface area contributed by atoms with Crippen LogP contribution < -0.4 is 10.1 Å². The molecule has 7 heteroatoms. The van der Waals surface area contributed by atoms with Crippen molar-refractivity contribution in [2.45, 2.75) is 12.5 Å². The van der Waals surface area contributed by atoms with Crippen molar-refractivity contribution >= 4 is 17.5 Å². The van der Waals surface area contributed by atoms with Gasteiger partial charge in [-0.2, -0.15) is 0 Å². The quantitative estimate of drug-likeness (QED) is 0.820. The van der Waals surface area contributed by atoms with Crippen LogP contribution in [-0.2, 0) is 9.53 Å². The number of nitrogens with one attached hydrogen (secondary N) is 1. The smallest absolute Gasteiger partial charge is 0.224 e. The highest BCUT2D eigenvalue weighted by molar-refractivity contribution is 6.32. The lowest BCUT2D eigenvalue weighted by molar-refractivity contribution is -0.134. The van der Waals surface area contributed by atoms with E-state index < -0.39 is 0 Å². The summed E-state index contributed by atoms with van der Waals surface area (Å²) in [6, 6.07) is 7.66. The standard InChI is InChI=1S/C18H26ClN3O3/c19-16-3-1-2-4-17(16)25-12-10-21-6-8-22(9-7-21)18(23)13-15-14-24-11-5-20-15/h1-4,15,20H,5-14H2. The molecule has 1 aromatic carbocycles. The van der Waals surface area contributed by atoms with Crippen LogP contribution in [0.25, 0.3) is 0 Å². The molecular formula is C18H26ClN3O3. The summed E-state index contributed by atoms with van der Waals surface area (Å²) in [6.45, 7) is 6.95. The lowest BCUT2D eigenvalue weighted by atomic mass is 10.1. The van der Waals surface area contributed by atoms with Crippen molar-refractivity contribution in [1.82, 2.24) is 15.1 Å². The summed E-state index contributed by atoms with van der Waals surface area (Å²) in [5.74, 6) is 0.940. The van der Waals surface area contributed by atoms with Crippen LogP contribution in [0.4, 0.5) is 0 Å². The predicted octanol–water partition coefficient (Wildman–Crippen LogP) is 1.24. The Labute approximate surface area is 154 Å². The Kier molecular flexibility index (Phi) is 6.93. The number of para-hydroxylation sites is 1. The molecule has 0 radical (unpaired) electrons. The number of hydrogen-bond donors (Lipinski definition) is 1. The number of hydrogen-bond acceptors (Lipinski definition) is 5. The average molecular weight is 368 g/mol. The van der Waals surface area contributed by atoms with E-state index in [2.05, 4.69) is 10.2 Å². The van der Waals surface area contributed by atoms with Gasteiger partial charge in [0.2, 0.25) is 5.91 Å². The van der Waals surface area contributed by atoms with Gasteiger partial charge >= 0.3 is 0 Å². The van der Waals surface area contributed by atoms with Gasteiger partial charge in [-0.15, -0.1) is 0 Å². The van der Waals surface area contributed by atoms with E-state index in [0.717, 1.165) is 51.6 Å². The maximum absolute atomic E-state index is 12.4. The first-order valence-electron chi connectivity index (χ1n) is 8.91. The molecule has 0 spiro atoms. The Balaban J connectivity index is 1.34. The molecule has 0 aromatic heterocycles. The molecule has 25 heavy (non-hydrogen) atoms. The molecule has 0 aliphatic carbocycles. The maximum atomic E-state index is 12.4. The topological polar surface area (TPSA) is 54.0 Å². The zero-order valence-electron chi connectivity index (χ0n) is 14.5. The third-order valence-electron chi connectivity index (χ3n) is 4.65. The van der Waals surface area contributed by atoms with Crippen LogP contribution in [0, 0.1) is 0 Å². The predicted molar refractivity (Wildman–Crippen MR) is 97.2 cm³/mol. The normalized spacial score (nSPS) is 22.0. The summed E-state index contributed by atoms with van der Waals surface area (Å²) in [6.07, 6.45) is 0.523. The van der Waals surface area contributed by atoms with Gasteiger partial charge in [0, 0.05) is 51.7 Å². The monoisotopic (exact) mass is 367 g/mol. The largest absolute Gasteiger partial charge is 0.491 e. The lowest BCUT2D eigenvalue weighted by Crippen LogP contribution is -2.51. The second-order valence-corrected chi connectivity index (χ2v) is 6.84. The number of benzene rings is 1.